The summed E-state index contributed by atoms with van der Waals surface area (Å²) in [5, 5.41) is 2.98. The molecule has 0 fully saturated rings. The molecule has 0 spiro atoms. The van der Waals surface area contributed by atoms with Crippen LogP contribution in [0.15, 0.2) is 46.9 Å². The lowest BCUT2D eigenvalue weighted by Gasteiger charge is -2.18. The molecule has 0 atom stereocenters. The van der Waals surface area contributed by atoms with Gasteiger partial charge in [0.05, 0.1) is 13.7 Å². The molecule has 0 radical (unpaired) electrons. The molecular formula is C19H23BrN2O2. The van der Waals surface area contributed by atoms with E-state index in [4.69, 9.17) is 4.74 Å². The number of carbonyl (C=O) groups is 1. The zero-order valence-electron chi connectivity index (χ0n) is 14.3. The van der Waals surface area contributed by atoms with Crippen molar-refractivity contribution in [3.8, 4) is 5.75 Å². The van der Waals surface area contributed by atoms with Gasteiger partial charge in [-0.1, -0.05) is 40.2 Å². The average molecular weight is 391 g/mol. The molecule has 0 unspecified atom stereocenters. The highest BCUT2D eigenvalue weighted by molar-refractivity contribution is 9.10. The first-order valence-corrected chi connectivity index (χ1v) is 8.61. The minimum atomic E-state index is 0.00900. The Bertz CT molecular complexity index is 704. The topological polar surface area (TPSA) is 41.6 Å². The van der Waals surface area contributed by atoms with Crippen LogP contribution in [0.5, 0.6) is 5.75 Å². The summed E-state index contributed by atoms with van der Waals surface area (Å²) in [5.41, 5.74) is 3.37. The second-order valence-electron chi connectivity index (χ2n) is 5.83. The van der Waals surface area contributed by atoms with E-state index in [2.05, 4.69) is 21.2 Å². The molecule has 2 aromatic carbocycles. The van der Waals surface area contributed by atoms with Gasteiger partial charge in [-0.2, -0.15) is 0 Å². The SMILES string of the molecule is COc1ccc(Br)cc1CN(C)CC(=O)NCc1ccccc1C. The van der Waals surface area contributed by atoms with E-state index in [9.17, 15) is 4.79 Å². The number of nitrogens with zero attached hydrogens (tertiary/aromatic N) is 1. The number of nitrogens with one attached hydrogen (secondary N) is 1. The minimum absolute atomic E-state index is 0.00900. The van der Waals surface area contributed by atoms with Crippen molar-refractivity contribution in [3.05, 3.63) is 63.6 Å². The number of hydrogen-bond acceptors (Lipinski definition) is 3. The van der Waals surface area contributed by atoms with Crippen LogP contribution in [0.3, 0.4) is 0 Å². The Hall–Kier alpha value is -1.85. The third-order valence-electron chi connectivity index (χ3n) is 3.83. The molecule has 0 aliphatic rings. The molecule has 1 amide bonds. The van der Waals surface area contributed by atoms with Crippen LogP contribution in [0.4, 0.5) is 0 Å². The first kappa shape index (κ1) is 18.5. The number of rotatable bonds is 7. The van der Waals surface area contributed by atoms with Gasteiger partial charge in [-0.15, -0.1) is 0 Å². The monoisotopic (exact) mass is 390 g/mol. The molecule has 0 bridgehead atoms. The first-order valence-electron chi connectivity index (χ1n) is 7.81. The number of carbonyl (C=O) groups excluding carboxylic acids is 1. The Kier molecular flexibility index (Phi) is 6.82. The van der Waals surface area contributed by atoms with Crippen LogP contribution in [0.1, 0.15) is 16.7 Å². The number of ether oxygens (including phenoxy) is 1. The van der Waals surface area contributed by atoms with Gasteiger partial charge in [-0.3, -0.25) is 9.69 Å². The van der Waals surface area contributed by atoms with Gasteiger partial charge in [0.2, 0.25) is 5.91 Å². The first-order chi connectivity index (χ1) is 11.5. The zero-order valence-corrected chi connectivity index (χ0v) is 15.9. The third-order valence-corrected chi connectivity index (χ3v) is 4.33. The quantitative estimate of drug-likeness (QED) is 0.786. The summed E-state index contributed by atoms with van der Waals surface area (Å²) in [6.45, 7) is 3.58. The molecule has 24 heavy (non-hydrogen) atoms. The van der Waals surface area contributed by atoms with Gasteiger partial charge in [-0.25, -0.2) is 0 Å². The van der Waals surface area contributed by atoms with Gasteiger partial charge in [0.15, 0.2) is 0 Å². The van der Waals surface area contributed by atoms with Gasteiger partial charge in [-0.05, 0) is 43.3 Å². The van der Waals surface area contributed by atoms with E-state index in [1.807, 2.05) is 61.3 Å². The standard InChI is InChI=1S/C19H23BrN2O2/c1-14-6-4-5-7-15(14)11-21-19(23)13-22(2)12-16-10-17(20)8-9-18(16)24-3/h4-10H,11-13H2,1-3H3,(H,21,23). The largest absolute Gasteiger partial charge is 0.496 e. The molecule has 4 nitrogen and oxygen atoms in total. The fourth-order valence-electron chi connectivity index (χ4n) is 2.52. The Balaban J connectivity index is 1.88. The summed E-state index contributed by atoms with van der Waals surface area (Å²) in [7, 11) is 3.58. The lowest BCUT2D eigenvalue weighted by atomic mass is 10.1. The van der Waals surface area contributed by atoms with Crippen molar-refractivity contribution in [3.63, 3.8) is 0 Å². The lowest BCUT2D eigenvalue weighted by molar-refractivity contribution is -0.122. The van der Waals surface area contributed by atoms with Gasteiger partial charge in [0, 0.05) is 23.1 Å². The predicted octanol–water partition coefficient (Wildman–Crippen LogP) is 3.51. The fourth-order valence-corrected chi connectivity index (χ4v) is 2.93. The lowest BCUT2D eigenvalue weighted by Crippen LogP contribution is -2.34. The van der Waals surface area contributed by atoms with Crippen molar-refractivity contribution in [1.82, 2.24) is 10.2 Å². The molecule has 0 heterocycles. The molecule has 128 valence electrons. The van der Waals surface area contributed by atoms with Gasteiger partial charge >= 0.3 is 0 Å². The van der Waals surface area contributed by atoms with Crippen LogP contribution >= 0.6 is 15.9 Å². The number of benzene rings is 2. The molecule has 0 saturated heterocycles. The fraction of sp³-hybridized carbons (Fsp3) is 0.316. The van der Waals surface area contributed by atoms with Crippen LogP contribution in [0.25, 0.3) is 0 Å². The third kappa shape index (κ3) is 5.35. The zero-order chi connectivity index (χ0) is 17.5. The Morgan fingerprint density at radius 3 is 2.67 bits per heavy atom. The maximum Gasteiger partial charge on any atom is 0.234 e. The molecular weight excluding hydrogens is 368 g/mol. The van der Waals surface area contributed by atoms with E-state index in [1.54, 1.807) is 7.11 Å². The van der Waals surface area contributed by atoms with Crippen molar-refractivity contribution in [2.45, 2.75) is 20.0 Å². The van der Waals surface area contributed by atoms with Crippen LogP contribution in [0.2, 0.25) is 0 Å². The van der Waals surface area contributed by atoms with E-state index in [-0.39, 0.29) is 5.91 Å². The number of likely N-dealkylation sites (N-methyl/N-ethyl adjacent to an activating group) is 1. The number of halogens is 1. The highest BCUT2D eigenvalue weighted by Gasteiger charge is 2.11. The highest BCUT2D eigenvalue weighted by Crippen LogP contribution is 2.23. The van der Waals surface area contributed by atoms with Crippen molar-refractivity contribution in [2.75, 3.05) is 20.7 Å². The van der Waals surface area contributed by atoms with Crippen molar-refractivity contribution >= 4 is 21.8 Å². The Morgan fingerprint density at radius 2 is 1.96 bits per heavy atom. The summed E-state index contributed by atoms with van der Waals surface area (Å²) in [4.78, 5) is 14.1. The molecule has 0 aliphatic carbocycles. The van der Waals surface area contributed by atoms with Gasteiger partial charge in [0.25, 0.3) is 0 Å². The van der Waals surface area contributed by atoms with Gasteiger partial charge in [0.1, 0.15) is 5.75 Å². The Labute approximate surface area is 151 Å². The van der Waals surface area contributed by atoms with E-state index < -0.39 is 0 Å². The molecule has 2 aromatic rings. The highest BCUT2D eigenvalue weighted by atomic mass is 79.9. The second kappa shape index (κ2) is 8.85. The van der Waals surface area contributed by atoms with E-state index in [0.717, 1.165) is 21.3 Å². The van der Waals surface area contributed by atoms with Crippen LogP contribution < -0.4 is 10.1 Å². The molecule has 1 N–H and O–H groups in total. The maximum absolute atomic E-state index is 12.2. The van der Waals surface area contributed by atoms with Crippen LogP contribution in [-0.4, -0.2) is 31.5 Å². The summed E-state index contributed by atoms with van der Waals surface area (Å²) in [6.07, 6.45) is 0. The number of amides is 1. The average Bonchev–Trinajstić information content (AvgIpc) is 2.54. The van der Waals surface area contributed by atoms with E-state index >= 15 is 0 Å². The molecule has 0 aliphatic heterocycles. The summed E-state index contributed by atoms with van der Waals surface area (Å²) in [5.74, 6) is 0.833. The Morgan fingerprint density at radius 1 is 1.21 bits per heavy atom. The summed E-state index contributed by atoms with van der Waals surface area (Å²) < 4.78 is 6.37. The van der Waals surface area contributed by atoms with E-state index in [0.29, 0.717) is 19.6 Å². The van der Waals surface area contributed by atoms with Crippen molar-refractivity contribution in [1.29, 1.82) is 0 Å². The van der Waals surface area contributed by atoms with Crippen LogP contribution in [0, 0.1) is 6.92 Å². The number of hydrogen-bond donors (Lipinski definition) is 1. The van der Waals surface area contributed by atoms with Crippen molar-refractivity contribution in [2.24, 2.45) is 0 Å². The molecule has 2 rings (SSSR count). The number of methoxy groups -OCH3 is 1. The summed E-state index contributed by atoms with van der Waals surface area (Å²) in [6, 6.07) is 13.9. The van der Waals surface area contributed by atoms with Crippen molar-refractivity contribution < 1.29 is 9.53 Å². The number of aryl methyl sites for hydroxylation is 1. The van der Waals surface area contributed by atoms with Crippen LogP contribution in [-0.2, 0) is 17.9 Å². The molecule has 0 saturated carbocycles. The normalized spacial score (nSPS) is 10.7. The van der Waals surface area contributed by atoms with Gasteiger partial charge < -0.3 is 10.1 Å². The summed E-state index contributed by atoms with van der Waals surface area (Å²) >= 11 is 3.47. The smallest absolute Gasteiger partial charge is 0.234 e. The second-order valence-corrected chi connectivity index (χ2v) is 6.75. The maximum atomic E-state index is 12.2. The minimum Gasteiger partial charge on any atom is -0.496 e. The van der Waals surface area contributed by atoms with E-state index in [1.165, 1.54) is 5.56 Å². The predicted molar refractivity (Wildman–Crippen MR) is 100 cm³/mol. The molecule has 5 heteroatoms. The molecule has 0 aromatic heterocycles.